The summed E-state index contributed by atoms with van der Waals surface area (Å²) in [6.45, 7) is 4.16. The number of likely N-dealkylation sites (N-methyl/N-ethyl adjacent to an activating group) is 1. The maximum atomic E-state index is 13.2. The minimum absolute atomic E-state index is 0.0241. The van der Waals surface area contributed by atoms with Gasteiger partial charge in [-0.15, -0.1) is 0 Å². The SMILES string of the molecule is COc1ccc(C(CCN2CCC(Nc3nc4ccccc4n3Cc3ccco3)CC2)CN(C)C(=O)c2ccccc2)cc1OC. The van der Waals surface area contributed by atoms with E-state index in [-0.39, 0.29) is 11.8 Å². The Morgan fingerprint density at radius 3 is 2.48 bits per heavy atom. The molecule has 0 radical (unpaired) electrons. The van der Waals surface area contributed by atoms with Gasteiger partial charge in [-0.3, -0.25) is 4.79 Å². The highest BCUT2D eigenvalue weighted by Gasteiger charge is 2.25. The normalized spacial score (nSPS) is 14.7. The van der Waals surface area contributed by atoms with Crippen molar-refractivity contribution in [1.29, 1.82) is 0 Å². The third-order valence-electron chi connectivity index (χ3n) is 9.00. The summed E-state index contributed by atoms with van der Waals surface area (Å²) in [6, 6.07) is 28.1. The molecule has 0 aliphatic carbocycles. The predicted octanol–water partition coefficient (Wildman–Crippen LogP) is 6.52. The fraction of sp³-hybridized carbons (Fsp3) is 0.351. The summed E-state index contributed by atoms with van der Waals surface area (Å²) in [7, 11) is 5.19. The van der Waals surface area contributed by atoms with Crippen molar-refractivity contribution in [2.24, 2.45) is 0 Å². The first-order valence-corrected chi connectivity index (χ1v) is 16.0. The molecule has 1 N–H and O–H groups in total. The fourth-order valence-corrected chi connectivity index (χ4v) is 6.41. The third kappa shape index (κ3) is 7.21. The van der Waals surface area contributed by atoms with Crippen LogP contribution in [-0.4, -0.2) is 78.7 Å². The number of hydrogen-bond donors (Lipinski definition) is 1. The van der Waals surface area contributed by atoms with Crippen LogP contribution in [0.4, 0.5) is 5.95 Å². The number of carbonyl (C=O) groups excluding carboxylic acids is 1. The number of benzene rings is 3. The van der Waals surface area contributed by atoms with Gasteiger partial charge < -0.3 is 33.6 Å². The molecule has 1 saturated heterocycles. The minimum Gasteiger partial charge on any atom is -0.493 e. The fourth-order valence-electron chi connectivity index (χ4n) is 6.41. The van der Waals surface area contributed by atoms with Gasteiger partial charge in [-0.2, -0.15) is 0 Å². The summed E-state index contributed by atoms with van der Waals surface area (Å²) in [5.41, 5.74) is 3.90. The first-order chi connectivity index (χ1) is 22.5. The van der Waals surface area contributed by atoms with E-state index >= 15 is 0 Å². The summed E-state index contributed by atoms with van der Waals surface area (Å²) in [4.78, 5) is 22.6. The van der Waals surface area contributed by atoms with Crippen molar-refractivity contribution < 1.29 is 18.7 Å². The van der Waals surface area contributed by atoms with E-state index in [9.17, 15) is 4.79 Å². The van der Waals surface area contributed by atoms with Crippen LogP contribution in [0.25, 0.3) is 11.0 Å². The molecule has 3 aromatic carbocycles. The van der Waals surface area contributed by atoms with Crippen LogP contribution in [-0.2, 0) is 6.54 Å². The lowest BCUT2D eigenvalue weighted by atomic mass is 9.93. The molecule has 9 heteroatoms. The predicted molar refractivity (Wildman–Crippen MR) is 181 cm³/mol. The second-order valence-electron chi connectivity index (χ2n) is 12.0. The van der Waals surface area contributed by atoms with Crippen LogP contribution < -0.4 is 14.8 Å². The first kappa shape index (κ1) is 31.2. The second kappa shape index (κ2) is 14.6. The topological polar surface area (TPSA) is 85.0 Å². The van der Waals surface area contributed by atoms with Crippen LogP contribution in [0.5, 0.6) is 11.5 Å². The van der Waals surface area contributed by atoms with Gasteiger partial charge in [0.25, 0.3) is 5.91 Å². The van der Waals surface area contributed by atoms with Crippen molar-refractivity contribution in [3.05, 3.63) is 108 Å². The van der Waals surface area contributed by atoms with Crippen molar-refractivity contribution >= 4 is 22.9 Å². The molecule has 0 bridgehead atoms. The third-order valence-corrected chi connectivity index (χ3v) is 9.00. The number of ether oxygens (including phenoxy) is 2. The zero-order chi connectivity index (χ0) is 31.9. The molecular weight excluding hydrogens is 578 g/mol. The average Bonchev–Trinajstić information content (AvgIpc) is 3.75. The monoisotopic (exact) mass is 621 g/mol. The van der Waals surface area contributed by atoms with Gasteiger partial charge in [0.1, 0.15) is 5.76 Å². The van der Waals surface area contributed by atoms with E-state index in [0.29, 0.717) is 36.2 Å². The van der Waals surface area contributed by atoms with Crippen LogP contribution >= 0.6 is 0 Å². The van der Waals surface area contributed by atoms with Crippen molar-refractivity contribution in [3.8, 4) is 11.5 Å². The van der Waals surface area contributed by atoms with Gasteiger partial charge >= 0.3 is 0 Å². The van der Waals surface area contributed by atoms with Gasteiger partial charge in [-0.05, 0) is 79.9 Å². The molecule has 1 aliphatic heterocycles. The Hall–Kier alpha value is -4.76. The van der Waals surface area contributed by atoms with Crippen LogP contribution in [0.15, 0.2) is 95.6 Å². The molecule has 1 amide bonds. The Bertz CT molecular complexity index is 1710. The number of methoxy groups -OCH3 is 2. The summed E-state index contributed by atoms with van der Waals surface area (Å²) >= 11 is 0. The van der Waals surface area contributed by atoms with E-state index in [1.165, 1.54) is 0 Å². The number of hydrogen-bond acceptors (Lipinski definition) is 7. The van der Waals surface area contributed by atoms with Gasteiger partial charge in [0.2, 0.25) is 5.95 Å². The Kier molecular flexibility index (Phi) is 9.88. The number of aromatic nitrogens is 2. The number of anilines is 1. The van der Waals surface area contributed by atoms with Crippen LogP contribution in [0, 0.1) is 0 Å². The highest BCUT2D eigenvalue weighted by atomic mass is 16.5. The molecule has 240 valence electrons. The van der Waals surface area contributed by atoms with E-state index in [2.05, 4.69) is 45.1 Å². The van der Waals surface area contributed by atoms with Gasteiger partial charge in [0.05, 0.1) is 38.1 Å². The molecule has 6 rings (SSSR count). The smallest absolute Gasteiger partial charge is 0.253 e. The number of nitrogens with one attached hydrogen (secondary N) is 1. The number of likely N-dealkylation sites (tertiary alicyclic amines) is 1. The Balaban J connectivity index is 1.10. The molecule has 46 heavy (non-hydrogen) atoms. The maximum absolute atomic E-state index is 13.2. The summed E-state index contributed by atoms with van der Waals surface area (Å²) < 4.78 is 19.0. The van der Waals surface area contributed by atoms with Crippen molar-refractivity contribution in [3.63, 3.8) is 0 Å². The molecule has 0 spiro atoms. The standard InChI is InChI=1S/C37H43N5O4/c1-40(36(43)27-10-5-4-6-11-27)25-29(28-15-16-34(44-2)35(24-28)45-3)17-20-41-21-18-30(19-22-41)38-37-39-32-13-7-8-14-33(32)42(37)26-31-12-9-23-46-31/h4-16,23-24,29-30H,17-22,25-26H2,1-3H3,(H,38,39). The van der Waals surface area contributed by atoms with Crippen molar-refractivity contribution in [1.82, 2.24) is 19.4 Å². The van der Waals surface area contributed by atoms with Gasteiger partial charge in [0, 0.05) is 44.2 Å². The van der Waals surface area contributed by atoms with E-state index in [1.807, 2.05) is 66.5 Å². The number of amides is 1. The van der Waals surface area contributed by atoms with Crippen molar-refractivity contribution in [2.45, 2.75) is 37.8 Å². The first-order valence-electron chi connectivity index (χ1n) is 16.0. The van der Waals surface area contributed by atoms with E-state index < -0.39 is 0 Å². The van der Waals surface area contributed by atoms with Crippen LogP contribution in [0.1, 0.15) is 46.9 Å². The summed E-state index contributed by atoms with van der Waals surface area (Å²) in [6.07, 6.45) is 4.68. The number of para-hydroxylation sites is 2. The Morgan fingerprint density at radius 1 is 0.978 bits per heavy atom. The minimum atomic E-state index is 0.0241. The Labute approximate surface area is 270 Å². The molecule has 0 saturated carbocycles. The van der Waals surface area contributed by atoms with E-state index in [4.69, 9.17) is 18.9 Å². The number of rotatable bonds is 13. The maximum Gasteiger partial charge on any atom is 0.253 e. The van der Waals surface area contributed by atoms with Gasteiger partial charge in [-0.1, -0.05) is 36.4 Å². The molecule has 3 heterocycles. The highest BCUT2D eigenvalue weighted by molar-refractivity contribution is 5.94. The van der Waals surface area contributed by atoms with Crippen LogP contribution in [0.3, 0.4) is 0 Å². The van der Waals surface area contributed by atoms with Gasteiger partial charge in [0.15, 0.2) is 11.5 Å². The summed E-state index contributed by atoms with van der Waals surface area (Å²) in [5.74, 6) is 3.35. The lowest BCUT2D eigenvalue weighted by Gasteiger charge is -2.34. The molecule has 9 nitrogen and oxygen atoms in total. The number of nitrogens with zero attached hydrogens (tertiary/aromatic N) is 4. The molecule has 2 aromatic heterocycles. The largest absolute Gasteiger partial charge is 0.493 e. The van der Waals surface area contributed by atoms with E-state index in [1.54, 1.807) is 20.5 Å². The second-order valence-corrected chi connectivity index (χ2v) is 12.0. The highest BCUT2D eigenvalue weighted by Crippen LogP contribution is 2.33. The van der Waals surface area contributed by atoms with Crippen LogP contribution in [0.2, 0.25) is 0 Å². The zero-order valence-corrected chi connectivity index (χ0v) is 26.9. The molecule has 1 atom stereocenters. The van der Waals surface area contributed by atoms with E-state index in [0.717, 1.165) is 67.2 Å². The molecular formula is C37H43N5O4. The van der Waals surface area contributed by atoms with Gasteiger partial charge in [-0.25, -0.2) is 4.98 Å². The number of imidazole rings is 1. The lowest BCUT2D eigenvalue weighted by molar-refractivity contribution is 0.0782. The van der Waals surface area contributed by atoms with Crippen molar-refractivity contribution in [2.75, 3.05) is 52.8 Å². The lowest BCUT2D eigenvalue weighted by Crippen LogP contribution is -2.40. The summed E-state index contributed by atoms with van der Waals surface area (Å²) in [5, 5.41) is 3.75. The number of furan rings is 1. The average molecular weight is 622 g/mol. The Morgan fingerprint density at radius 2 is 1.74 bits per heavy atom. The number of carbonyl (C=O) groups is 1. The number of piperidine rings is 1. The molecule has 5 aromatic rings. The number of fused-ring (bicyclic) bond motifs is 1. The quantitative estimate of drug-likeness (QED) is 0.160. The molecule has 1 aliphatic rings. The zero-order valence-electron chi connectivity index (χ0n) is 26.9. The molecule has 1 fully saturated rings. The molecule has 1 unspecified atom stereocenters.